The van der Waals surface area contributed by atoms with E-state index < -0.39 is 0 Å². The minimum atomic E-state index is -0.375. The molecule has 0 saturated heterocycles. The van der Waals surface area contributed by atoms with E-state index in [0.29, 0.717) is 30.5 Å². The monoisotopic (exact) mass is 274 g/mol. The van der Waals surface area contributed by atoms with Crippen LogP contribution >= 0.6 is 0 Å². The van der Waals surface area contributed by atoms with Gasteiger partial charge in [0.1, 0.15) is 11.5 Å². The number of para-hydroxylation sites is 1. The van der Waals surface area contributed by atoms with Gasteiger partial charge >= 0.3 is 0 Å². The van der Waals surface area contributed by atoms with Gasteiger partial charge in [0, 0.05) is 6.42 Å². The number of aromatic nitrogens is 2. The van der Waals surface area contributed by atoms with Gasteiger partial charge in [0.15, 0.2) is 0 Å². The fraction of sp³-hybridized carbons (Fsp3) is 0.400. The zero-order chi connectivity index (χ0) is 14.5. The molecule has 0 saturated carbocycles. The Labute approximate surface area is 118 Å². The van der Waals surface area contributed by atoms with Gasteiger partial charge in [0.25, 0.3) is 0 Å². The Kier molecular flexibility index (Phi) is 4.50. The summed E-state index contributed by atoms with van der Waals surface area (Å²) in [5.74, 6) is 1.20. The highest BCUT2D eigenvalue weighted by Gasteiger charge is 2.21. The highest BCUT2D eigenvalue weighted by molar-refractivity contribution is 5.84. The van der Waals surface area contributed by atoms with Gasteiger partial charge in [-0.25, -0.2) is 0 Å². The molecule has 106 valence electrons. The van der Waals surface area contributed by atoms with Crippen LogP contribution in [0.5, 0.6) is 5.75 Å². The van der Waals surface area contributed by atoms with Crippen molar-refractivity contribution in [3.8, 4) is 17.1 Å². The molecule has 0 aliphatic carbocycles. The van der Waals surface area contributed by atoms with E-state index in [0.717, 1.165) is 5.56 Å². The molecule has 5 heteroatoms. The number of hydrogen-bond acceptors (Lipinski definition) is 5. The normalized spacial score (nSPS) is 12.2. The number of carbonyl (C=O) groups excluding carboxylic acids is 1. The molecule has 1 aromatic carbocycles. The third-order valence-corrected chi connectivity index (χ3v) is 3.07. The molecule has 0 fully saturated rings. The van der Waals surface area contributed by atoms with Crippen molar-refractivity contribution in [3.63, 3.8) is 0 Å². The first kappa shape index (κ1) is 14.2. The number of nitrogens with zero attached hydrogens (tertiary/aromatic N) is 2. The quantitative estimate of drug-likeness (QED) is 0.809. The Morgan fingerprint density at radius 2 is 2.10 bits per heavy atom. The molecule has 1 unspecified atom stereocenters. The number of benzene rings is 1. The first-order chi connectivity index (χ1) is 9.67. The fourth-order valence-electron chi connectivity index (χ4n) is 1.90. The van der Waals surface area contributed by atoms with Crippen molar-refractivity contribution < 1.29 is 14.1 Å². The fourth-order valence-corrected chi connectivity index (χ4v) is 1.90. The van der Waals surface area contributed by atoms with Crippen LogP contribution in [-0.4, -0.2) is 22.5 Å². The molecular formula is C15H18N2O3. The third-order valence-electron chi connectivity index (χ3n) is 3.07. The molecule has 1 heterocycles. The van der Waals surface area contributed by atoms with Crippen LogP contribution < -0.4 is 4.74 Å². The lowest BCUT2D eigenvalue weighted by atomic mass is 10.1. The summed E-state index contributed by atoms with van der Waals surface area (Å²) in [4.78, 5) is 16.0. The maximum absolute atomic E-state index is 11.7. The van der Waals surface area contributed by atoms with Crippen molar-refractivity contribution in [2.24, 2.45) is 0 Å². The molecule has 0 N–H and O–H groups in total. The van der Waals surface area contributed by atoms with Crippen LogP contribution in [0.4, 0.5) is 0 Å². The second-order valence-electron chi connectivity index (χ2n) is 4.43. The molecule has 0 aliphatic rings. The smallest absolute Gasteiger partial charge is 0.237 e. The SMILES string of the molecule is CCOc1ccccc1-c1noc(C(C)C(=O)CC)n1. The van der Waals surface area contributed by atoms with Crippen LogP contribution in [0, 0.1) is 0 Å². The Bertz CT molecular complexity index is 592. The molecule has 0 radical (unpaired) electrons. The average Bonchev–Trinajstić information content (AvgIpc) is 2.96. The topological polar surface area (TPSA) is 65.2 Å². The van der Waals surface area contributed by atoms with Crippen LogP contribution in [0.3, 0.4) is 0 Å². The molecule has 0 amide bonds. The van der Waals surface area contributed by atoms with Crippen molar-refractivity contribution in [1.29, 1.82) is 0 Å². The summed E-state index contributed by atoms with van der Waals surface area (Å²) in [7, 11) is 0. The van der Waals surface area contributed by atoms with E-state index >= 15 is 0 Å². The lowest BCUT2D eigenvalue weighted by molar-refractivity contribution is -0.120. The predicted octanol–water partition coefficient (Wildman–Crippen LogP) is 3.22. The van der Waals surface area contributed by atoms with Crippen LogP contribution in [-0.2, 0) is 4.79 Å². The van der Waals surface area contributed by atoms with Gasteiger partial charge < -0.3 is 9.26 Å². The summed E-state index contributed by atoms with van der Waals surface area (Å²) in [6.45, 7) is 6.07. The second kappa shape index (κ2) is 6.32. The molecular weight excluding hydrogens is 256 g/mol. The van der Waals surface area contributed by atoms with E-state index in [1.54, 1.807) is 6.92 Å². The Hall–Kier alpha value is -2.17. The number of rotatable bonds is 6. The molecule has 5 nitrogen and oxygen atoms in total. The van der Waals surface area contributed by atoms with E-state index in [-0.39, 0.29) is 11.7 Å². The van der Waals surface area contributed by atoms with Crippen molar-refractivity contribution in [3.05, 3.63) is 30.2 Å². The third kappa shape index (κ3) is 2.87. The van der Waals surface area contributed by atoms with Crippen LogP contribution in [0.1, 0.15) is 39.0 Å². The molecule has 2 aromatic rings. The molecule has 1 atom stereocenters. The van der Waals surface area contributed by atoms with Gasteiger partial charge in [-0.1, -0.05) is 24.2 Å². The Morgan fingerprint density at radius 1 is 1.35 bits per heavy atom. The maximum Gasteiger partial charge on any atom is 0.237 e. The minimum Gasteiger partial charge on any atom is -0.493 e. The molecule has 2 rings (SSSR count). The van der Waals surface area contributed by atoms with Gasteiger partial charge in [-0.2, -0.15) is 4.98 Å². The highest BCUT2D eigenvalue weighted by Crippen LogP contribution is 2.28. The molecule has 0 aliphatic heterocycles. The summed E-state index contributed by atoms with van der Waals surface area (Å²) in [5.41, 5.74) is 0.764. The summed E-state index contributed by atoms with van der Waals surface area (Å²) in [6, 6.07) is 7.49. The lowest BCUT2D eigenvalue weighted by Crippen LogP contribution is -2.07. The van der Waals surface area contributed by atoms with E-state index in [9.17, 15) is 4.79 Å². The number of ketones is 1. The first-order valence-corrected chi connectivity index (χ1v) is 6.75. The molecule has 0 bridgehead atoms. The number of ether oxygens (including phenoxy) is 1. The van der Waals surface area contributed by atoms with Gasteiger partial charge in [-0.15, -0.1) is 0 Å². The zero-order valence-electron chi connectivity index (χ0n) is 11.9. The molecule has 1 aromatic heterocycles. The van der Waals surface area contributed by atoms with Crippen molar-refractivity contribution in [2.75, 3.05) is 6.61 Å². The standard InChI is InChI=1S/C15H18N2O3/c1-4-12(18)10(3)15-16-14(17-20-15)11-8-6-7-9-13(11)19-5-2/h6-10H,4-5H2,1-3H3. The van der Waals surface area contributed by atoms with Gasteiger partial charge in [-0.3, -0.25) is 4.79 Å². The van der Waals surface area contributed by atoms with Gasteiger partial charge in [0.2, 0.25) is 11.7 Å². The predicted molar refractivity (Wildman–Crippen MR) is 74.6 cm³/mol. The number of Topliss-reactive ketones (excluding diaryl/α,β-unsaturated/α-hetero) is 1. The van der Waals surface area contributed by atoms with Crippen molar-refractivity contribution >= 4 is 5.78 Å². The Balaban J connectivity index is 2.31. The first-order valence-electron chi connectivity index (χ1n) is 6.75. The minimum absolute atomic E-state index is 0.0818. The maximum atomic E-state index is 11.7. The Morgan fingerprint density at radius 3 is 2.80 bits per heavy atom. The van der Waals surface area contributed by atoms with Crippen molar-refractivity contribution in [1.82, 2.24) is 10.1 Å². The molecule has 0 spiro atoms. The van der Waals surface area contributed by atoms with Crippen LogP contribution in [0.15, 0.2) is 28.8 Å². The zero-order valence-corrected chi connectivity index (χ0v) is 11.9. The van der Waals surface area contributed by atoms with Gasteiger partial charge in [0.05, 0.1) is 18.1 Å². The summed E-state index contributed by atoms with van der Waals surface area (Å²) in [6.07, 6.45) is 0.453. The number of carbonyl (C=O) groups is 1. The van der Waals surface area contributed by atoms with E-state index in [1.165, 1.54) is 0 Å². The number of hydrogen-bond donors (Lipinski definition) is 0. The van der Waals surface area contributed by atoms with Crippen LogP contribution in [0.2, 0.25) is 0 Å². The summed E-state index contributed by atoms with van der Waals surface area (Å²) >= 11 is 0. The largest absolute Gasteiger partial charge is 0.493 e. The van der Waals surface area contributed by atoms with E-state index in [4.69, 9.17) is 9.26 Å². The van der Waals surface area contributed by atoms with Gasteiger partial charge in [-0.05, 0) is 26.0 Å². The average molecular weight is 274 g/mol. The molecule has 20 heavy (non-hydrogen) atoms. The van der Waals surface area contributed by atoms with Crippen molar-refractivity contribution in [2.45, 2.75) is 33.1 Å². The van der Waals surface area contributed by atoms with Crippen LogP contribution in [0.25, 0.3) is 11.4 Å². The highest BCUT2D eigenvalue weighted by atomic mass is 16.5. The van der Waals surface area contributed by atoms with E-state index in [2.05, 4.69) is 10.1 Å². The summed E-state index contributed by atoms with van der Waals surface area (Å²) < 4.78 is 10.7. The van der Waals surface area contributed by atoms with E-state index in [1.807, 2.05) is 38.1 Å². The summed E-state index contributed by atoms with van der Waals surface area (Å²) in [5, 5.41) is 3.95. The second-order valence-corrected chi connectivity index (χ2v) is 4.43. The lowest BCUT2D eigenvalue weighted by Gasteiger charge is -2.06.